The van der Waals surface area contributed by atoms with Crippen molar-refractivity contribution in [2.75, 3.05) is 26.0 Å². The number of carbonyl (C=O) groups excluding carboxylic acids is 1. The van der Waals surface area contributed by atoms with Gasteiger partial charge in [-0.15, -0.1) is 0 Å². The summed E-state index contributed by atoms with van der Waals surface area (Å²) in [6.45, 7) is 1.47. The number of likely N-dealkylation sites (tertiary alicyclic amines) is 1. The number of amides is 1. The molecule has 1 amide bonds. The van der Waals surface area contributed by atoms with Crippen LogP contribution in [-0.4, -0.2) is 57.3 Å². The summed E-state index contributed by atoms with van der Waals surface area (Å²) in [6, 6.07) is 17.9. The molecule has 1 N–H and O–H groups in total. The molecular weight excluding hydrogens is 388 g/mol. The van der Waals surface area contributed by atoms with Gasteiger partial charge >= 0.3 is 0 Å². The molecule has 0 unspecified atom stereocenters. The third-order valence-electron chi connectivity index (χ3n) is 5.66. The third kappa shape index (κ3) is 4.69. The summed E-state index contributed by atoms with van der Waals surface area (Å²) in [7, 11) is -3.36. The van der Waals surface area contributed by atoms with E-state index >= 15 is 0 Å². The quantitative estimate of drug-likeness (QED) is 0.785. The van der Waals surface area contributed by atoms with Gasteiger partial charge in [-0.3, -0.25) is 4.79 Å². The van der Waals surface area contributed by atoms with Crippen LogP contribution in [0.4, 0.5) is 0 Å². The smallest absolute Gasteiger partial charge is 0.230 e. The van der Waals surface area contributed by atoms with Gasteiger partial charge in [0.05, 0.1) is 31.4 Å². The number of nitrogens with one attached hydrogen (secondary N) is 1. The van der Waals surface area contributed by atoms with Crippen LogP contribution in [0.2, 0.25) is 0 Å². The average molecular weight is 415 g/mol. The standard InChI is InChI=1S/C22H26N2O4S/c1-29(26,27)23-20-10-11-24(22(25)19-14-28-15-19)21(20)13-16-6-5-9-18(12-16)17-7-3-2-4-8-17/h2-9,12,19-21,23H,10-11,13-15H2,1H3/t20-,21-/m0/s1. The molecule has 6 nitrogen and oxygen atoms in total. The van der Waals surface area contributed by atoms with Crippen LogP contribution < -0.4 is 4.72 Å². The van der Waals surface area contributed by atoms with Gasteiger partial charge in [-0.2, -0.15) is 0 Å². The van der Waals surface area contributed by atoms with E-state index in [2.05, 4.69) is 29.0 Å². The number of hydrogen-bond acceptors (Lipinski definition) is 4. The van der Waals surface area contributed by atoms with Crippen LogP contribution >= 0.6 is 0 Å². The molecule has 2 atom stereocenters. The maximum atomic E-state index is 12.9. The van der Waals surface area contributed by atoms with Crippen LogP contribution in [0.5, 0.6) is 0 Å². The van der Waals surface area contributed by atoms with Crippen molar-refractivity contribution in [1.82, 2.24) is 9.62 Å². The summed E-state index contributed by atoms with van der Waals surface area (Å²) in [5.41, 5.74) is 3.33. The lowest BCUT2D eigenvalue weighted by molar-refractivity contribution is -0.150. The van der Waals surface area contributed by atoms with Crippen molar-refractivity contribution >= 4 is 15.9 Å². The number of hydrogen-bond donors (Lipinski definition) is 1. The molecular formula is C22H26N2O4S. The molecule has 0 spiro atoms. The van der Waals surface area contributed by atoms with E-state index in [1.165, 1.54) is 6.26 Å². The Morgan fingerprint density at radius 1 is 1.10 bits per heavy atom. The lowest BCUT2D eigenvalue weighted by Gasteiger charge is -2.34. The van der Waals surface area contributed by atoms with Gasteiger partial charge in [0.25, 0.3) is 0 Å². The van der Waals surface area contributed by atoms with Gasteiger partial charge in [0.15, 0.2) is 0 Å². The van der Waals surface area contributed by atoms with Gasteiger partial charge in [-0.25, -0.2) is 13.1 Å². The van der Waals surface area contributed by atoms with E-state index in [-0.39, 0.29) is 23.9 Å². The molecule has 4 rings (SSSR count). The van der Waals surface area contributed by atoms with E-state index in [0.717, 1.165) is 16.7 Å². The molecule has 0 saturated carbocycles. The van der Waals surface area contributed by atoms with E-state index in [1.54, 1.807) is 0 Å². The fraction of sp³-hybridized carbons (Fsp3) is 0.409. The molecule has 29 heavy (non-hydrogen) atoms. The number of carbonyl (C=O) groups is 1. The van der Waals surface area contributed by atoms with Crippen molar-refractivity contribution in [3.8, 4) is 11.1 Å². The van der Waals surface area contributed by atoms with Crippen molar-refractivity contribution in [2.24, 2.45) is 5.92 Å². The molecule has 2 aromatic carbocycles. The molecule has 2 aromatic rings. The Balaban J connectivity index is 1.59. The Morgan fingerprint density at radius 3 is 2.48 bits per heavy atom. The normalized spacial score (nSPS) is 22.4. The number of ether oxygens (including phenoxy) is 1. The second kappa shape index (κ2) is 8.26. The first-order valence-corrected chi connectivity index (χ1v) is 11.8. The molecule has 154 valence electrons. The molecule has 0 aromatic heterocycles. The third-order valence-corrected chi connectivity index (χ3v) is 6.39. The average Bonchev–Trinajstić information content (AvgIpc) is 3.02. The second-order valence-electron chi connectivity index (χ2n) is 7.89. The zero-order valence-corrected chi connectivity index (χ0v) is 17.3. The van der Waals surface area contributed by atoms with E-state index in [0.29, 0.717) is 32.6 Å². The molecule has 0 aliphatic carbocycles. The second-order valence-corrected chi connectivity index (χ2v) is 9.67. The van der Waals surface area contributed by atoms with Crippen LogP contribution in [-0.2, 0) is 26.0 Å². The summed E-state index contributed by atoms with van der Waals surface area (Å²) in [6.07, 6.45) is 2.40. The minimum atomic E-state index is -3.36. The van der Waals surface area contributed by atoms with Crippen LogP contribution in [0.1, 0.15) is 12.0 Å². The first-order valence-electron chi connectivity index (χ1n) is 9.90. The molecule has 2 fully saturated rings. The maximum absolute atomic E-state index is 12.9. The Labute approximate surface area is 171 Å². The van der Waals surface area contributed by atoms with Gasteiger partial charge < -0.3 is 9.64 Å². The summed E-state index contributed by atoms with van der Waals surface area (Å²) >= 11 is 0. The van der Waals surface area contributed by atoms with Crippen LogP contribution in [0, 0.1) is 5.92 Å². The first kappa shape index (κ1) is 20.1. The predicted octanol–water partition coefficient (Wildman–Crippen LogP) is 2.06. The highest BCUT2D eigenvalue weighted by Crippen LogP contribution is 2.28. The van der Waals surface area contributed by atoms with E-state index in [9.17, 15) is 13.2 Å². The Hall–Kier alpha value is -2.22. The van der Waals surface area contributed by atoms with Crippen molar-refractivity contribution in [3.05, 3.63) is 60.2 Å². The first-order chi connectivity index (χ1) is 13.9. The predicted molar refractivity (Wildman–Crippen MR) is 112 cm³/mol. The highest BCUT2D eigenvalue weighted by atomic mass is 32.2. The Kier molecular flexibility index (Phi) is 5.72. The van der Waals surface area contributed by atoms with Crippen LogP contribution in [0.3, 0.4) is 0 Å². The molecule has 7 heteroatoms. The van der Waals surface area contributed by atoms with Crippen molar-refractivity contribution in [1.29, 1.82) is 0 Å². The monoisotopic (exact) mass is 414 g/mol. The van der Waals surface area contributed by atoms with Crippen molar-refractivity contribution in [2.45, 2.75) is 24.9 Å². The zero-order valence-electron chi connectivity index (χ0n) is 16.5. The molecule has 0 radical (unpaired) electrons. The fourth-order valence-corrected chi connectivity index (χ4v) is 4.98. The SMILES string of the molecule is CS(=O)(=O)N[C@H]1CCN(C(=O)C2COC2)[C@H]1Cc1cccc(-c2ccccc2)c1. The van der Waals surface area contributed by atoms with E-state index < -0.39 is 10.0 Å². The summed E-state index contributed by atoms with van der Waals surface area (Å²) in [4.78, 5) is 14.7. The molecule has 2 saturated heterocycles. The Bertz CT molecular complexity index is 973. The van der Waals surface area contributed by atoms with Crippen LogP contribution in [0.25, 0.3) is 11.1 Å². The minimum absolute atomic E-state index is 0.0678. The van der Waals surface area contributed by atoms with E-state index in [1.807, 2.05) is 35.2 Å². The summed E-state index contributed by atoms with van der Waals surface area (Å²) in [5.74, 6) is -0.0385. The topological polar surface area (TPSA) is 75.7 Å². The van der Waals surface area contributed by atoms with Gasteiger partial charge in [0.1, 0.15) is 0 Å². The minimum Gasteiger partial charge on any atom is -0.380 e. The molecule has 2 aliphatic rings. The highest BCUT2D eigenvalue weighted by molar-refractivity contribution is 7.88. The maximum Gasteiger partial charge on any atom is 0.230 e. The highest BCUT2D eigenvalue weighted by Gasteiger charge is 2.42. The molecule has 0 bridgehead atoms. The summed E-state index contributed by atoms with van der Waals surface area (Å²) in [5, 5.41) is 0. The van der Waals surface area contributed by atoms with E-state index in [4.69, 9.17) is 4.74 Å². The van der Waals surface area contributed by atoms with Gasteiger partial charge in [0.2, 0.25) is 15.9 Å². The van der Waals surface area contributed by atoms with Crippen molar-refractivity contribution in [3.63, 3.8) is 0 Å². The summed E-state index contributed by atoms with van der Waals surface area (Å²) < 4.78 is 31.7. The number of benzene rings is 2. The molecule has 2 aliphatic heterocycles. The fourth-order valence-electron chi connectivity index (χ4n) is 4.15. The number of nitrogens with zero attached hydrogens (tertiary/aromatic N) is 1. The largest absolute Gasteiger partial charge is 0.380 e. The Morgan fingerprint density at radius 2 is 1.83 bits per heavy atom. The van der Waals surface area contributed by atoms with Gasteiger partial charge in [0, 0.05) is 12.6 Å². The lowest BCUT2D eigenvalue weighted by Crippen LogP contribution is -2.51. The van der Waals surface area contributed by atoms with Gasteiger partial charge in [-0.1, -0.05) is 54.6 Å². The van der Waals surface area contributed by atoms with Crippen LogP contribution in [0.15, 0.2) is 54.6 Å². The lowest BCUT2D eigenvalue weighted by atomic mass is 9.96. The molecule has 2 heterocycles. The van der Waals surface area contributed by atoms with Gasteiger partial charge in [-0.05, 0) is 29.5 Å². The van der Waals surface area contributed by atoms with Crippen molar-refractivity contribution < 1.29 is 17.9 Å². The zero-order chi connectivity index (χ0) is 20.4. The number of rotatable bonds is 6. The number of sulfonamides is 1.